The number of aliphatic hydroxyl groups excluding tert-OH is 1. The highest BCUT2D eigenvalue weighted by Crippen LogP contribution is 2.39. The van der Waals surface area contributed by atoms with Gasteiger partial charge in [-0.2, -0.15) is 0 Å². The van der Waals surface area contributed by atoms with Crippen molar-refractivity contribution in [1.82, 2.24) is 5.32 Å². The van der Waals surface area contributed by atoms with Crippen LogP contribution in [0.15, 0.2) is 12.1 Å². The molecule has 106 valence electrons. The molecule has 0 amide bonds. The van der Waals surface area contributed by atoms with E-state index in [0.29, 0.717) is 0 Å². The van der Waals surface area contributed by atoms with Crippen LogP contribution in [0.2, 0.25) is 0 Å². The predicted octanol–water partition coefficient (Wildman–Crippen LogP) is 2.17. The lowest BCUT2D eigenvalue weighted by Gasteiger charge is -2.36. The van der Waals surface area contributed by atoms with Crippen LogP contribution in [0.1, 0.15) is 44.4 Å². The van der Waals surface area contributed by atoms with Gasteiger partial charge in [0.1, 0.15) is 5.75 Å². The third kappa shape index (κ3) is 2.85. The molecule has 0 radical (unpaired) electrons. The number of hydrogen-bond acceptors (Lipinski definition) is 4. The van der Waals surface area contributed by atoms with Gasteiger partial charge in [-0.05, 0) is 50.8 Å². The molecule has 1 aromatic rings. The maximum absolute atomic E-state index is 10.5. The van der Waals surface area contributed by atoms with Crippen LogP contribution in [0, 0.1) is 0 Å². The molecule has 1 aliphatic carbocycles. The highest BCUT2D eigenvalue weighted by Gasteiger charge is 2.32. The van der Waals surface area contributed by atoms with Crippen molar-refractivity contribution in [3.05, 3.63) is 23.3 Å². The summed E-state index contributed by atoms with van der Waals surface area (Å²) in [5.74, 6) is 0.246. The van der Waals surface area contributed by atoms with Crippen molar-refractivity contribution in [3.8, 4) is 5.75 Å². The molecule has 0 saturated carbocycles. The van der Waals surface area contributed by atoms with Gasteiger partial charge in [0.15, 0.2) is 0 Å². The molecular weight excluding hydrogens is 240 g/mol. The van der Waals surface area contributed by atoms with Gasteiger partial charge in [-0.1, -0.05) is 6.07 Å². The Morgan fingerprint density at radius 3 is 2.53 bits per heavy atom. The first kappa shape index (κ1) is 14.2. The van der Waals surface area contributed by atoms with Crippen LogP contribution in [-0.2, 0) is 6.42 Å². The number of hydrogen-bond donors (Lipinski definition) is 4. The minimum Gasteiger partial charge on any atom is -0.506 e. The molecule has 4 heteroatoms. The molecule has 2 unspecified atom stereocenters. The average molecular weight is 264 g/mol. The second-order valence-electron chi connectivity index (χ2n) is 6.26. The second-order valence-corrected chi connectivity index (χ2v) is 6.26. The first-order valence-corrected chi connectivity index (χ1v) is 6.81. The van der Waals surface area contributed by atoms with Gasteiger partial charge < -0.3 is 20.8 Å². The van der Waals surface area contributed by atoms with E-state index in [0.717, 1.165) is 29.7 Å². The van der Waals surface area contributed by atoms with Crippen LogP contribution in [-0.4, -0.2) is 28.8 Å². The molecular formula is C15H24N2O2. The lowest BCUT2D eigenvalue weighted by molar-refractivity contribution is 0.100. The fourth-order valence-corrected chi connectivity index (χ4v) is 2.86. The first-order valence-electron chi connectivity index (χ1n) is 6.81. The Balaban J connectivity index is 2.32. The van der Waals surface area contributed by atoms with Crippen molar-refractivity contribution in [2.75, 3.05) is 12.4 Å². The quantitative estimate of drug-likeness (QED) is 0.618. The van der Waals surface area contributed by atoms with E-state index in [-0.39, 0.29) is 17.3 Å². The number of phenolic OH excluding ortho intramolecular Hbond substituents is 1. The maximum Gasteiger partial charge on any atom is 0.138 e. The van der Waals surface area contributed by atoms with Crippen molar-refractivity contribution < 1.29 is 10.2 Å². The topological polar surface area (TPSA) is 64.5 Å². The van der Waals surface area contributed by atoms with Crippen molar-refractivity contribution >= 4 is 5.69 Å². The molecule has 4 nitrogen and oxygen atoms in total. The molecule has 0 aliphatic heterocycles. The second kappa shape index (κ2) is 5.02. The van der Waals surface area contributed by atoms with Crippen molar-refractivity contribution in [1.29, 1.82) is 0 Å². The fraction of sp³-hybridized carbons (Fsp3) is 0.600. The van der Waals surface area contributed by atoms with Crippen LogP contribution in [0.5, 0.6) is 5.75 Å². The van der Waals surface area contributed by atoms with Gasteiger partial charge in [-0.25, -0.2) is 0 Å². The number of anilines is 1. The summed E-state index contributed by atoms with van der Waals surface area (Å²) in [5, 5.41) is 26.9. The van der Waals surface area contributed by atoms with Crippen LogP contribution in [0.25, 0.3) is 0 Å². The lowest BCUT2D eigenvalue weighted by Crippen LogP contribution is -2.48. The molecule has 1 aromatic carbocycles. The molecule has 19 heavy (non-hydrogen) atoms. The smallest absolute Gasteiger partial charge is 0.138 e. The van der Waals surface area contributed by atoms with E-state index >= 15 is 0 Å². The largest absolute Gasteiger partial charge is 0.506 e. The summed E-state index contributed by atoms with van der Waals surface area (Å²) < 4.78 is 0. The summed E-state index contributed by atoms with van der Waals surface area (Å²) in [4.78, 5) is 0. The number of nitrogens with one attached hydrogen (secondary N) is 2. The van der Waals surface area contributed by atoms with E-state index in [1.54, 1.807) is 13.1 Å². The number of benzene rings is 1. The summed E-state index contributed by atoms with van der Waals surface area (Å²) in [6.45, 7) is 6.31. The highest BCUT2D eigenvalue weighted by molar-refractivity contribution is 5.64. The molecule has 4 N–H and O–H groups in total. The van der Waals surface area contributed by atoms with Crippen LogP contribution < -0.4 is 10.6 Å². The van der Waals surface area contributed by atoms with Crippen molar-refractivity contribution in [3.63, 3.8) is 0 Å². The third-order valence-corrected chi connectivity index (χ3v) is 3.60. The standard InChI is InChI=1S/C15H24N2O2/c1-15(2,3)17-11-7-5-9-10(14(11)19)6-8-12(18)13(9)16-4/h6,8,11,14,16-19H,5,7H2,1-4H3. The number of phenols is 1. The molecule has 0 saturated heterocycles. The van der Waals surface area contributed by atoms with Crippen LogP contribution in [0.4, 0.5) is 5.69 Å². The van der Waals surface area contributed by atoms with E-state index in [1.807, 2.05) is 6.07 Å². The Labute approximate surface area is 114 Å². The van der Waals surface area contributed by atoms with E-state index in [1.165, 1.54) is 0 Å². The molecule has 0 bridgehead atoms. The molecule has 0 aromatic heterocycles. The number of aromatic hydroxyl groups is 1. The summed E-state index contributed by atoms with van der Waals surface area (Å²) in [6, 6.07) is 3.53. The third-order valence-electron chi connectivity index (χ3n) is 3.60. The highest BCUT2D eigenvalue weighted by atomic mass is 16.3. The van der Waals surface area contributed by atoms with E-state index in [9.17, 15) is 10.2 Å². The van der Waals surface area contributed by atoms with Crippen LogP contribution in [0.3, 0.4) is 0 Å². The maximum atomic E-state index is 10.5. The minimum atomic E-state index is -0.532. The molecule has 0 spiro atoms. The van der Waals surface area contributed by atoms with Crippen LogP contribution >= 0.6 is 0 Å². The monoisotopic (exact) mass is 264 g/mol. The Kier molecular flexibility index (Phi) is 3.74. The van der Waals surface area contributed by atoms with Gasteiger partial charge in [-0.3, -0.25) is 0 Å². The number of aliphatic hydroxyl groups is 1. The van der Waals surface area contributed by atoms with Gasteiger partial charge in [0, 0.05) is 18.6 Å². The normalized spacial score (nSPS) is 23.0. The molecule has 2 rings (SSSR count). The first-order chi connectivity index (χ1) is 8.83. The van der Waals surface area contributed by atoms with E-state index in [2.05, 4.69) is 31.4 Å². The van der Waals surface area contributed by atoms with Gasteiger partial charge in [0.25, 0.3) is 0 Å². The Morgan fingerprint density at radius 2 is 1.95 bits per heavy atom. The van der Waals surface area contributed by atoms with E-state index in [4.69, 9.17) is 0 Å². The summed E-state index contributed by atoms with van der Waals surface area (Å²) in [7, 11) is 1.79. The van der Waals surface area contributed by atoms with Gasteiger partial charge >= 0.3 is 0 Å². The lowest BCUT2D eigenvalue weighted by atomic mass is 9.83. The molecule has 1 aliphatic rings. The summed E-state index contributed by atoms with van der Waals surface area (Å²) in [5.41, 5.74) is 2.66. The minimum absolute atomic E-state index is 0.0219. The Bertz CT molecular complexity index is 466. The number of fused-ring (bicyclic) bond motifs is 1. The zero-order valence-electron chi connectivity index (χ0n) is 12.1. The SMILES string of the molecule is CNc1c(O)ccc2c1CCC(NC(C)(C)C)C2O. The number of rotatable bonds is 2. The van der Waals surface area contributed by atoms with Crippen molar-refractivity contribution in [2.45, 2.75) is 51.3 Å². The Hall–Kier alpha value is -1.26. The zero-order valence-corrected chi connectivity index (χ0v) is 12.1. The van der Waals surface area contributed by atoms with E-state index < -0.39 is 6.10 Å². The van der Waals surface area contributed by atoms with Gasteiger partial charge in [-0.15, -0.1) is 0 Å². The molecule has 0 heterocycles. The average Bonchev–Trinajstić information content (AvgIpc) is 2.31. The molecule has 2 atom stereocenters. The van der Waals surface area contributed by atoms with Gasteiger partial charge in [0.05, 0.1) is 11.8 Å². The Morgan fingerprint density at radius 1 is 1.26 bits per heavy atom. The summed E-state index contributed by atoms with van der Waals surface area (Å²) in [6.07, 6.45) is 1.18. The zero-order chi connectivity index (χ0) is 14.2. The predicted molar refractivity (Wildman–Crippen MR) is 77.6 cm³/mol. The summed E-state index contributed by atoms with van der Waals surface area (Å²) >= 11 is 0. The van der Waals surface area contributed by atoms with Gasteiger partial charge in [0.2, 0.25) is 0 Å². The van der Waals surface area contributed by atoms with Crippen molar-refractivity contribution in [2.24, 2.45) is 0 Å². The fourth-order valence-electron chi connectivity index (χ4n) is 2.86. The molecule has 0 fully saturated rings.